The van der Waals surface area contributed by atoms with Crippen molar-refractivity contribution in [3.8, 4) is 17.2 Å². The van der Waals surface area contributed by atoms with Crippen molar-refractivity contribution < 1.29 is 19.4 Å². The number of phenols is 1. The summed E-state index contributed by atoms with van der Waals surface area (Å²) in [4.78, 5) is 11.9. The molecule has 26 heavy (non-hydrogen) atoms. The van der Waals surface area contributed by atoms with Crippen LogP contribution in [0.4, 0.5) is 0 Å². The molecule has 4 nitrogen and oxygen atoms in total. The standard InChI is InChI=1S/C22H20O4/c1-16(23)22-20(24)12-19(25-14-17-8-4-2-5-9-17)13-21(22)26-15-18-10-6-3-7-11-18/h2-13,24H,14-15H2,1H3/i16+1. The van der Waals surface area contributed by atoms with Gasteiger partial charge < -0.3 is 14.6 Å². The number of hydrogen-bond acceptors (Lipinski definition) is 4. The predicted molar refractivity (Wildman–Crippen MR) is 99.7 cm³/mol. The van der Waals surface area contributed by atoms with Gasteiger partial charge in [0, 0.05) is 12.1 Å². The highest BCUT2D eigenvalue weighted by Gasteiger charge is 2.17. The fraction of sp³-hybridized carbons (Fsp3) is 0.136. The van der Waals surface area contributed by atoms with Gasteiger partial charge in [0.15, 0.2) is 5.78 Å². The maximum atomic E-state index is 11.9. The van der Waals surface area contributed by atoms with Crippen LogP contribution in [0.5, 0.6) is 17.2 Å². The average Bonchev–Trinajstić information content (AvgIpc) is 2.66. The summed E-state index contributed by atoms with van der Waals surface area (Å²) in [7, 11) is 0. The van der Waals surface area contributed by atoms with Crippen molar-refractivity contribution in [3.63, 3.8) is 0 Å². The van der Waals surface area contributed by atoms with Crippen LogP contribution in [-0.2, 0) is 13.2 Å². The van der Waals surface area contributed by atoms with Crippen molar-refractivity contribution in [1.29, 1.82) is 0 Å². The zero-order chi connectivity index (χ0) is 18.4. The predicted octanol–water partition coefficient (Wildman–Crippen LogP) is 4.75. The molecule has 0 spiro atoms. The summed E-state index contributed by atoms with van der Waals surface area (Å²) in [6.45, 7) is 2.05. The molecule has 0 aliphatic carbocycles. The Hall–Kier alpha value is -3.27. The Bertz CT molecular complexity index is 873. The number of benzene rings is 3. The molecule has 0 saturated heterocycles. The van der Waals surface area contributed by atoms with Crippen LogP contribution in [0.25, 0.3) is 0 Å². The molecule has 0 heterocycles. The molecule has 0 aliphatic rings. The first-order valence-corrected chi connectivity index (χ1v) is 8.35. The molecule has 0 fully saturated rings. The van der Waals surface area contributed by atoms with Gasteiger partial charge in [0.25, 0.3) is 0 Å². The fourth-order valence-corrected chi connectivity index (χ4v) is 2.60. The summed E-state index contributed by atoms with van der Waals surface area (Å²) in [5, 5.41) is 10.3. The summed E-state index contributed by atoms with van der Waals surface area (Å²) in [5.41, 5.74) is 2.14. The highest BCUT2D eigenvalue weighted by molar-refractivity contribution is 5.99. The number of aromatic hydroxyl groups is 1. The number of carbonyl (C=O) groups is 1. The van der Waals surface area contributed by atoms with E-state index in [1.807, 2.05) is 60.7 Å². The molecule has 0 aliphatic heterocycles. The van der Waals surface area contributed by atoms with Crippen LogP contribution in [0.3, 0.4) is 0 Å². The highest BCUT2D eigenvalue weighted by atomic mass is 16.5. The second-order valence-corrected chi connectivity index (χ2v) is 5.92. The number of rotatable bonds is 7. The zero-order valence-corrected chi connectivity index (χ0v) is 14.5. The third kappa shape index (κ3) is 4.42. The lowest BCUT2D eigenvalue weighted by Gasteiger charge is -2.14. The van der Waals surface area contributed by atoms with Gasteiger partial charge >= 0.3 is 0 Å². The molecule has 0 unspecified atom stereocenters. The summed E-state index contributed by atoms with van der Waals surface area (Å²) >= 11 is 0. The maximum Gasteiger partial charge on any atom is 0.167 e. The van der Waals surface area contributed by atoms with Gasteiger partial charge in [-0.1, -0.05) is 60.7 Å². The minimum Gasteiger partial charge on any atom is -0.507 e. The average molecular weight is 349 g/mol. The first-order valence-electron chi connectivity index (χ1n) is 8.35. The third-order valence-electron chi connectivity index (χ3n) is 3.89. The minimum absolute atomic E-state index is 0.147. The monoisotopic (exact) mass is 349 g/mol. The van der Waals surface area contributed by atoms with Gasteiger partial charge in [-0.15, -0.1) is 0 Å². The van der Waals surface area contributed by atoms with Gasteiger partial charge in [-0.05, 0) is 18.1 Å². The van der Waals surface area contributed by atoms with Gasteiger partial charge in [-0.25, -0.2) is 0 Å². The van der Waals surface area contributed by atoms with Crippen molar-refractivity contribution in [3.05, 3.63) is 89.5 Å². The number of carbonyl (C=O) groups excluding carboxylic acids is 1. The lowest BCUT2D eigenvalue weighted by atomic mass is 10.2. The Morgan fingerprint density at radius 3 is 1.92 bits per heavy atom. The first kappa shape index (κ1) is 17.5. The molecule has 0 radical (unpaired) electrons. The molecule has 1 N–H and O–H groups in total. The summed E-state index contributed by atoms with van der Waals surface area (Å²) in [6, 6.07) is 22.4. The van der Waals surface area contributed by atoms with Crippen molar-refractivity contribution >= 4 is 5.78 Å². The molecular weight excluding hydrogens is 329 g/mol. The van der Waals surface area contributed by atoms with Crippen LogP contribution >= 0.6 is 0 Å². The normalized spacial score (nSPS) is 10.3. The highest BCUT2D eigenvalue weighted by Crippen LogP contribution is 2.34. The van der Waals surface area contributed by atoms with E-state index >= 15 is 0 Å². The third-order valence-corrected chi connectivity index (χ3v) is 3.89. The number of hydrogen-bond donors (Lipinski definition) is 1. The molecule has 0 amide bonds. The molecule has 3 rings (SSSR count). The van der Waals surface area contributed by atoms with E-state index in [2.05, 4.69) is 0 Å². The smallest absolute Gasteiger partial charge is 0.167 e. The van der Waals surface area contributed by atoms with Crippen LogP contribution in [0.2, 0.25) is 0 Å². The molecule has 4 heteroatoms. The number of Topliss-reactive ketones (excluding diaryl/α,β-unsaturated/α-hetero) is 1. The van der Waals surface area contributed by atoms with E-state index < -0.39 is 0 Å². The first-order chi connectivity index (χ1) is 12.6. The summed E-state index contributed by atoms with van der Waals surface area (Å²) < 4.78 is 11.5. The van der Waals surface area contributed by atoms with E-state index in [1.54, 1.807) is 6.07 Å². The van der Waals surface area contributed by atoms with Crippen molar-refractivity contribution in [1.82, 2.24) is 0 Å². The van der Waals surface area contributed by atoms with Crippen LogP contribution in [0.1, 0.15) is 28.4 Å². The topological polar surface area (TPSA) is 55.8 Å². The molecule has 0 saturated carbocycles. The van der Waals surface area contributed by atoms with E-state index in [4.69, 9.17) is 9.47 Å². The second-order valence-electron chi connectivity index (χ2n) is 5.92. The lowest BCUT2D eigenvalue weighted by Crippen LogP contribution is -2.03. The van der Waals surface area contributed by atoms with Gasteiger partial charge in [0.1, 0.15) is 36.0 Å². The summed E-state index contributed by atoms with van der Waals surface area (Å²) in [5.74, 6) is 0.343. The molecule has 132 valence electrons. The molecule has 0 bridgehead atoms. The van der Waals surface area contributed by atoms with E-state index in [-0.39, 0.29) is 17.1 Å². The SMILES string of the molecule is C[13C](=O)c1c(O)cc(OCc2ccccc2)cc1OCc1ccccc1. The van der Waals surface area contributed by atoms with Crippen LogP contribution in [0.15, 0.2) is 72.8 Å². The van der Waals surface area contributed by atoms with Crippen molar-refractivity contribution in [2.75, 3.05) is 0 Å². The Balaban J connectivity index is 1.80. The molecular formula is C22H20O4. The molecule has 3 aromatic carbocycles. The van der Waals surface area contributed by atoms with Gasteiger partial charge in [-0.3, -0.25) is 4.79 Å². The van der Waals surface area contributed by atoms with E-state index in [9.17, 15) is 9.90 Å². The Morgan fingerprint density at radius 2 is 1.38 bits per heavy atom. The largest absolute Gasteiger partial charge is 0.507 e. The zero-order valence-electron chi connectivity index (χ0n) is 14.5. The van der Waals surface area contributed by atoms with Gasteiger partial charge in [-0.2, -0.15) is 0 Å². The van der Waals surface area contributed by atoms with Crippen molar-refractivity contribution in [2.45, 2.75) is 20.1 Å². The number of phenolic OH excluding ortho intramolecular Hbond substituents is 1. The Morgan fingerprint density at radius 1 is 0.846 bits per heavy atom. The van der Waals surface area contributed by atoms with Gasteiger partial charge in [0.05, 0.1) is 0 Å². The Labute approximate surface area is 152 Å². The molecule has 3 aromatic rings. The summed E-state index contributed by atoms with van der Waals surface area (Å²) in [6.07, 6.45) is 0. The second kappa shape index (κ2) is 8.21. The van der Waals surface area contributed by atoms with E-state index in [1.165, 1.54) is 13.0 Å². The van der Waals surface area contributed by atoms with Gasteiger partial charge in [0.2, 0.25) is 0 Å². The van der Waals surface area contributed by atoms with Crippen LogP contribution in [0, 0.1) is 0 Å². The van der Waals surface area contributed by atoms with Crippen LogP contribution < -0.4 is 9.47 Å². The number of ether oxygens (including phenoxy) is 2. The minimum atomic E-state index is -0.264. The van der Waals surface area contributed by atoms with E-state index in [0.29, 0.717) is 24.7 Å². The Kier molecular flexibility index (Phi) is 5.54. The van der Waals surface area contributed by atoms with E-state index in [0.717, 1.165) is 11.1 Å². The van der Waals surface area contributed by atoms with Crippen molar-refractivity contribution in [2.24, 2.45) is 0 Å². The quantitative estimate of drug-likeness (QED) is 0.494. The fourth-order valence-electron chi connectivity index (χ4n) is 2.60. The number of ketones is 1. The lowest BCUT2D eigenvalue weighted by molar-refractivity contribution is 0.101. The maximum absolute atomic E-state index is 11.9. The molecule has 0 aromatic heterocycles. The van der Waals surface area contributed by atoms with Crippen LogP contribution in [-0.4, -0.2) is 10.9 Å². The molecule has 0 atom stereocenters.